The summed E-state index contributed by atoms with van der Waals surface area (Å²) in [7, 11) is 0. The molecule has 1 aliphatic heterocycles. The van der Waals surface area contributed by atoms with Gasteiger partial charge in [-0.15, -0.1) is 0 Å². The molecule has 6 nitrogen and oxygen atoms in total. The molecule has 1 aliphatic rings. The number of nitrogens with one attached hydrogen (secondary N) is 1. The first-order valence-corrected chi connectivity index (χ1v) is 8.04. The molecule has 7 heteroatoms. The first-order valence-electron chi connectivity index (χ1n) is 8.04. The number of carbonyl (C=O) groups is 3. The van der Waals surface area contributed by atoms with Gasteiger partial charge in [-0.25, -0.2) is 4.39 Å². The summed E-state index contributed by atoms with van der Waals surface area (Å²) < 4.78 is 18.3. The number of allylic oxidation sites excluding steroid dienone is 2. The molecule has 2 atom stereocenters. The van der Waals surface area contributed by atoms with Gasteiger partial charge in [-0.3, -0.25) is 14.4 Å². The SMILES string of the molecule is O=C(O)C[C@@H]1C/C=C\CCC(=O)N[C@H](c2ccc(F)cc2)COC1=O. The monoisotopic (exact) mass is 349 g/mol. The Balaban J connectivity index is 2.17. The van der Waals surface area contributed by atoms with Crippen LogP contribution >= 0.6 is 0 Å². The lowest BCUT2D eigenvalue weighted by atomic mass is 10.0. The molecule has 0 bridgehead atoms. The van der Waals surface area contributed by atoms with E-state index in [-0.39, 0.29) is 31.8 Å². The van der Waals surface area contributed by atoms with Gasteiger partial charge in [0.05, 0.1) is 18.4 Å². The number of carboxylic acid groups (broad SMARTS) is 1. The average Bonchev–Trinajstić information content (AvgIpc) is 2.56. The van der Waals surface area contributed by atoms with Crippen molar-refractivity contribution >= 4 is 17.8 Å². The predicted octanol–water partition coefficient (Wildman–Crippen LogP) is 2.36. The Labute approximate surface area is 144 Å². The van der Waals surface area contributed by atoms with Gasteiger partial charge in [0.1, 0.15) is 12.4 Å². The van der Waals surface area contributed by atoms with Gasteiger partial charge < -0.3 is 15.2 Å². The fourth-order valence-corrected chi connectivity index (χ4v) is 2.53. The number of benzene rings is 1. The highest BCUT2D eigenvalue weighted by Crippen LogP contribution is 2.18. The highest BCUT2D eigenvalue weighted by molar-refractivity contribution is 5.79. The van der Waals surface area contributed by atoms with E-state index in [1.807, 2.05) is 0 Å². The number of rotatable bonds is 3. The average molecular weight is 349 g/mol. The second-order valence-corrected chi connectivity index (χ2v) is 5.84. The molecule has 25 heavy (non-hydrogen) atoms. The van der Waals surface area contributed by atoms with Crippen LogP contribution in [0.25, 0.3) is 0 Å². The van der Waals surface area contributed by atoms with E-state index in [1.165, 1.54) is 24.3 Å². The molecule has 0 fully saturated rings. The van der Waals surface area contributed by atoms with E-state index in [9.17, 15) is 18.8 Å². The van der Waals surface area contributed by atoms with Gasteiger partial charge in [0.15, 0.2) is 0 Å². The molecule has 0 unspecified atom stereocenters. The van der Waals surface area contributed by atoms with Crippen molar-refractivity contribution in [3.05, 3.63) is 47.8 Å². The fraction of sp³-hybridized carbons (Fsp3) is 0.389. The molecule has 1 aromatic carbocycles. The number of cyclic esters (lactones) is 1. The molecule has 2 rings (SSSR count). The molecule has 0 aromatic heterocycles. The number of halogens is 1. The van der Waals surface area contributed by atoms with E-state index in [4.69, 9.17) is 9.84 Å². The second-order valence-electron chi connectivity index (χ2n) is 5.84. The zero-order valence-electron chi connectivity index (χ0n) is 13.6. The molecule has 0 saturated carbocycles. The summed E-state index contributed by atoms with van der Waals surface area (Å²) in [6, 6.07) is 4.92. The first-order chi connectivity index (χ1) is 12.0. The minimum absolute atomic E-state index is 0.143. The number of aliphatic carboxylic acids is 1. The third-order valence-electron chi connectivity index (χ3n) is 3.88. The first kappa shape index (κ1) is 18.6. The Bertz CT molecular complexity index is 656. The van der Waals surface area contributed by atoms with Crippen LogP contribution < -0.4 is 5.32 Å². The van der Waals surface area contributed by atoms with E-state index in [0.717, 1.165) is 0 Å². The quantitative estimate of drug-likeness (QED) is 0.645. The number of carbonyl (C=O) groups excluding carboxylic acids is 2. The minimum Gasteiger partial charge on any atom is -0.481 e. The summed E-state index contributed by atoms with van der Waals surface area (Å²) in [5.74, 6) is -3.11. The van der Waals surface area contributed by atoms with Crippen LogP contribution in [0.5, 0.6) is 0 Å². The Morgan fingerprint density at radius 2 is 1.96 bits per heavy atom. The number of ether oxygens (including phenoxy) is 1. The second kappa shape index (κ2) is 8.96. The Morgan fingerprint density at radius 3 is 2.64 bits per heavy atom. The summed E-state index contributed by atoms with van der Waals surface area (Å²) in [5.41, 5.74) is 0.602. The van der Waals surface area contributed by atoms with Crippen molar-refractivity contribution in [1.29, 1.82) is 0 Å². The van der Waals surface area contributed by atoms with Crippen molar-refractivity contribution < 1.29 is 28.6 Å². The molecule has 0 saturated heterocycles. The maximum atomic E-state index is 13.1. The highest BCUT2D eigenvalue weighted by Gasteiger charge is 2.24. The topological polar surface area (TPSA) is 92.7 Å². The van der Waals surface area contributed by atoms with E-state index in [2.05, 4.69) is 5.32 Å². The van der Waals surface area contributed by atoms with Crippen LogP contribution in [0.3, 0.4) is 0 Å². The summed E-state index contributed by atoms with van der Waals surface area (Å²) in [4.78, 5) is 35.1. The van der Waals surface area contributed by atoms with Crippen LogP contribution in [0.2, 0.25) is 0 Å². The zero-order valence-corrected chi connectivity index (χ0v) is 13.6. The van der Waals surface area contributed by atoms with Crippen molar-refractivity contribution in [2.24, 2.45) is 5.92 Å². The van der Waals surface area contributed by atoms with Crippen molar-refractivity contribution in [3.8, 4) is 0 Å². The molecular weight excluding hydrogens is 329 g/mol. The molecule has 1 heterocycles. The maximum absolute atomic E-state index is 13.1. The Kier molecular flexibility index (Phi) is 6.68. The molecule has 0 spiro atoms. The van der Waals surface area contributed by atoms with Crippen LogP contribution in [0.15, 0.2) is 36.4 Å². The molecule has 1 amide bonds. The van der Waals surface area contributed by atoms with Gasteiger partial charge in [0, 0.05) is 6.42 Å². The summed E-state index contributed by atoms with van der Waals surface area (Å²) in [5, 5.41) is 11.7. The summed E-state index contributed by atoms with van der Waals surface area (Å²) in [6.45, 7) is -0.143. The minimum atomic E-state index is -1.08. The lowest BCUT2D eigenvalue weighted by molar-refractivity contribution is -0.153. The van der Waals surface area contributed by atoms with Crippen LogP contribution in [0.4, 0.5) is 4.39 Å². The van der Waals surface area contributed by atoms with Crippen molar-refractivity contribution in [3.63, 3.8) is 0 Å². The number of carboxylic acids is 1. The van der Waals surface area contributed by atoms with Gasteiger partial charge in [-0.05, 0) is 30.5 Å². The van der Waals surface area contributed by atoms with Gasteiger partial charge in [-0.2, -0.15) is 0 Å². The smallest absolute Gasteiger partial charge is 0.309 e. The normalized spacial score (nSPS) is 23.6. The van der Waals surface area contributed by atoms with E-state index in [0.29, 0.717) is 12.0 Å². The van der Waals surface area contributed by atoms with Gasteiger partial charge in [0.25, 0.3) is 0 Å². The van der Waals surface area contributed by atoms with Crippen LogP contribution in [0, 0.1) is 11.7 Å². The van der Waals surface area contributed by atoms with Crippen LogP contribution in [-0.4, -0.2) is 29.6 Å². The molecule has 134 valence electrons. The van der Waals surface area contributed by atoms with Crippen LogP contribution in [-0.2, 0) is 19.1 Å². The number of hydrogen-bond donors (Lipinski definition) is 2. The Morgan fingerprint density at radius 1 is 1.24 bits per heavy atom. The van der Waals surface area contributed by atoms with Crippen molar-refractivity contribution in [1.82, 2.24) is 5.32 Å². The predicted molar refractivity (Wildman–Crippen MR) is 87.0 cm³/mol. The van der Waals surface area contributed by atoms with Crippen molar-refractivity contribution in [2.75, 3.05) is 6.61 Å². The number of hydrogen-bond acceptors (Lipinski definition) is 4. The van der Waals surface area contributed by atoms with Gasteiger partial charge >= 0.3 is 11.9 Å². The molecule has 2 N–H and O–H groups in total. The lowest BCUT2D eigenvalue weighted by Crippen LogP contribution is -2.33. The summed E-state index contributed by atoms with van der Waals surface area (Å²) >= 11 is 0. The highest BCUT2D eigenvalue weighted by atomic mass is 19.1. The third kappa shape index (κ3) is 6.02. The van der Waals surface area contributed by atoms with Gasteiger partial charge in [0.2, 0.25) is 5.91 Å². The molecular formula is C18H20FNO5. The lowest BCUT2D eigenvalue weighted by Gasteiger charge is -2.21. The fourth-order valence-electron chi connectivity index (χ4n) is 2.53. The Hall–Kier alpha value is -2.70. The third-order valence-corrected chi connectivity index (χ3v) is 3.88. The molecule has 0 aliphatic carbocycles. The van der Waals surface area contributed by atoms with Gasteiger partial charge in [-0.1, -0.05) is 24.3 Å². The largest absolute Gasteiger partial charge is 0.481 e. The number of esters is 1. The zero-order chi connectivity index (χ0) is 18.2. The van der Waals surface area contributed by atoms with Crippen molar-refractivity contribution in [2.45, 2.75) is 31.7 Å². The standard InChI is InChI=1S/C18H20FNO5/c19-14-8-6-12(7-9-14)15-11-25-18(24)13(10-17(22)23)4-2-1-3-5-16(21)20-15/h1-2,6-9,13,15H,3-5,10-11H2,(H,20,21)(H,22,23)/b2-1-/t13-,15-/m0/s1. The van der Waals surface area contributed by atoms with E-state index < -0.39 is 29.7 Å². The summed E-state index contributed by atoms with van der Waals surface area (Å²) in [6.07, 6.45) is 4.10. The van der Waals surface area contributed by atoms with Crippen LogP contribution in [0.1, 0.15) is 37.3 Å². The molecule has 0 radical (unpaired) electrons. The number of amides is 1. The molecule has 1 aromatic rings. The van der Waals surface area contributed by atoms with E-state index in [1.54, 1.807) is 12.2 Å². The van der Waals surface area contributed by atoms with E-state index >= 15 is 0 Å². The maximum Gasteiger partial charge on any atom is 0.309 e.